The van der Waals surface area contributed by atoms with Crippen LogP contribution in [0, 0.1) is 0 Å². The minimum Gasteiger partial charge on any atom is -0.468 e. The molecule has 0 aliphatic rings. The van der Waals surface area contributed by atoms with Crippen LogP contribution in [-0.4, -0.2) is 24.5 Å². The van der Waals surface area contributed by atoms with E-state index in [0.717, 1.165) is 0 Å². The van der Waals surface area contributed by atoms with Gasteiger partial charge in [0.2, 0.25) is 10.0 Å². The minimum atomic E-state index is -3.69. The molecular formula is C15H14N4O4S. The number of carbonyl (C=O) groups excluding carboxylic acids is 1. The molecule has 0 atom stereocenters. The summed E-state index contributed by atoms with van der Waals surface area (Å²) in [4.78, 5) is 12.1. The number of anilines is 1. The number of rotatable bonds is 6. The Hall–Kier alpha value is -2.91. The lowest BCUT2D eigenvalue weighted by molar-refractivity contribution is 0.102. The van der Waals surface area contributed by atoms with Crippen LogP contribution in [0.25, 0.3) is 0 Å². The van der Waals surface area contributed by atoms with Gasteiger partial charge < -0.3 is 9.73 Å². The van der Waals surface area contributed by atoms with E-state index in [9.17, 15) is 13.2 Å². The van der Waals surface area contributed by atoms with E-state index in [1.165, 1.54) is 42.9 Å². The Labute approximate surface area is 137 Å². The van der Waals surface area contributed by atoms with Crippen LogP contribution in [0.2, 0.25) is 0 Å². The fourth-order valence-electron chi connectivity index (χ4n) is 1.97. The summed E-state index contributed by atoms with van der Waals surface area (Å²) in [6.07, 6.45) is 4.47. The minimum absolute atomic E-state index is 0.0536. The highest BCUT2D eigenvalue weighted by molar-refractivity contribution is 7.89. The van der Waals surface area contributed by atoms with Crippen molar-refractivity contribution in [3.05, 3.63) is 66.4 Å². The SMILES string of the molecule is O=C(Nc1cn[nH]c1)c1ccc(S(=O)(=O)NCc2ccco2)cc1. The number of H-pyrrole nitrogens is 1. The molecular weight excluding hydrogens is 332 g/mol. The number of nitrogens with zero attached hydrogens (tertiary/aromatic N) is 1. The molecule has 0 unspecified atom stereocenters. The third kappa shape index (κ3) is 3.70. The molecule has 3 aromatic rings. The number of amides is 1. The van der Waals surface area contributed by atoms with Gasteiger partial charge in [0.1, 0.15) is 5.76 Å². The highest BCUT2D eigenvalue weighted by Crippen LogP contribution is 2.13. The van der Waals surface area contributed by atoms with Crippen molar-refractivity contribution in [1.29, 1.82) is 0 Å². The molecule has 1 aromatic carbocycles. The number of sulfonamides is 1. The van der Waals surface area contributed by atoms with Crippen LogP contribution in [0.1, 0.15) is 16.1 Å². The number of nitrogens with one attached hydrogen (secondary N) is 3. The van der Waals surface area contributed by atoms with Crippen LogP contribution < -0.4 is 10.0 Å². The van der Waals surface area contributed by atoms with Crippen LogP contribution >= 0.6 is 0 Å². The molecule has 9 heteroatoms. The average Bonchev–Trinajstić information content (AvgIpc) is 3.27. The summed E-state index contributed by atoms with van der Waals surface area (Å²) in [5.41, 5.74) is 0.859. The van der Waals surface area contributed by atoms with Gasteiger partial charge in [0.15, 0.2) is 0 Å². The molecule has 2 aromatic heterocycles. The summed E-state index contributed by atoms with van der Waals surface area (Å²) < 4.78 is 31.9. The predicted molar refractivity (Wildman–Crippen MR) is 85.7 cm³/mol. The summed E-state index contributed by atoms with van der Waals surface area (Å²) in [6, 6.07) is 8.97. The molecule has 3 N–H and O–H groups in total. The van der Waals surface area contributed by atoms with Crippen LogP contribution in [0.4, 0.5) is 5.69 Å². The van der Waals surface area contributed by atoms with Crippen molar-refractivity contribution in [3.8, 4) is 0 Å². The Morgan fingerprint density at radius 3 is 2.62 bits per heavy atom. The second-order valence-electron chi connectivity index (χ2n) is 4.87. The molecule has 0 bridgehead atoms. The van der Waals surface area contributed by atoms with Crippen molar-refractivity contribution in [2.24, 2.45) is 0 Å². The maximum absolute atomic E-state index is 12.2. The number of furan rings is 1. The zero-order valence-corrected chi connectivity index (χ0v) is 13.2. The molecule has 0 saturated carbocycles. The largest absolute Gasteiger partial charge is 0.468 e. The maximum atomic E-state index is 12.2. The molecule has 24 heavy (non-hydrogen) atoms. The third-order valence-corrected chi connectivity index (χ3v) is 4.62. The van der Waals surface area contributed by atoms with E-state index in [0.29, 0.717) is 17.0 Å². The van der Waals surface area contributed by atoms with Gasteiger partial charge in [-0.25, -0.2) is 13.1 Å². The van der Waals surface area contributed by atoms with Crippen LogP contribution in [0.5, 0.6) is 0 Å². The lowest BCUT2D eigenvalue weighted by Gasteiger charge is -2.07. The molecule has 8 nitrogen and oxygen atoms in total. The summed E-state index contributed by atoms with van der Waals surface area (Å²) in [7, 11) is -3.69. The van der Waals surface area contributed by atoms with Gasteiger partial charge in [-0.2, -0.15) is 5.10 Å². The number of hydrogen-bond donors (Lipinski definition) is 3. The highest BCUT2D eigenvalue weighted by atomic mass is 32.2. The fraction of sp³-hybridized carbons (Fsp3) is 0.0667. The fourth-order valence-corrected chi connectivity index (χ4v) is 2.96. The quantitative estimate of drug-likeness (QED) is 0.628. The van der Waals surface area contributed by atoms with Crippen molar-refractivity contribution in [1.82, 2.24) is 14.9 Å². The van der Waals surface area contributed by atoms with Crippen LogP contribution in [-0.2, 0) is 16.6 Å². The zero-order valence-electron chi connectivity index (χ0n) is 12.4. The number of aromatic nitrogens is 2. The van der Waals surface area contributed by atoms with Gasteiger partial charge in [0, 0.05) is 11.8 Å². The lowest BCUT2D eigenvalue weighted by atomic mass is 10.2. The van der Waals surface area contributed by atoms with E-state index in [1.807, 2.05) is 0 Å². The van der Waals surface area contributed by atoms with E-state index in [2.05, 4.69) is 20.2 Å². The van der Waals surface area contributed by atoms with Crippen molar-refractivity contribution in [3.63, 3.8) is 0 Å². The molecule has 3 rings (SSSR count). The molecule has 1 amide bonds. The van der Waals surface area contributed by atoms with E-state index in [1.54, 1.807) is 12.1 Å². The standard InChI is InChI=1S/C15H14N4O4S/c20-15(19-12-8-16-17-9-12)11-3-5-14(6-4-11)24(21,22)18-10-13-2-1-7-23-13/h1-9,18H,10H2,(H,16,17)(H,19,20). The zero-order chi connectivity index (χ0) is 17.0. The summed E-state index contributed by atoms with van der Waals surface area (Å²) in [6.45, 7) is 0.0536. The molecule has 0 fully saturated rings. The van der Waals surface area contributed by atoms with Gasteiger partial charge >= 0.3 is 0 Å². The van der Waals surface area contributed by atoms with Crippen molar-refractivity contribution >= 4 is 21.6 Å². The number of benzene rings is 1. The smallest absolute Gasteiger partial charge is 0.255 e. The molecule has 0 aliphatic carbocycles. The molecule has 0 radical (unpaired) electrons. The molecule has 0 saturated heterocycles. The van der Waals surface area contributed by atoms with Gasteiger partial charge in [-0.15, -0.1) is 0 Å². The molecule has 2 heterocycles. The summed E-state index contributed by atoms with van der Waals surface area (Å²) >= 11 is 0. The Kier molecular flexibility index (Phi) is 4.45. The monoisotopic (exact) mass is 346 g/mol. The van der Waals surface area contributed by atoms with Crippen LogP contribution in [0.3, 0.4) is 0 Å². The number of carbonyl (C=O) groups is 1. The molecule has 124 valence electrons. The van der Waals surface area contributed by atoms with Crippen molar-refractivity contribution in [2.75, 3.05) is 5.32 Å². The Bertz CT molecular complexity index is 901. The van der Waals surface area contributed by atoms with Gasteiger partial charge in [0.05, 0.1) is 29.6 Å². The topological polar surface area (TPSA) is 117 Å². The average molecular weight is 346 g/mol. The number of hydrogen-bond acceptors (Lipinski definition) is 5. The van der Waals surface area contributed by atoms with Crippen LogP contribution in [0.15, 0.2) is 64.4 Å². The van der Waals surface area contributed by atoms with Gasteiger partial charge in [-0.05, 0) is 36.4 Å². The van der Waals surface area contributed by atoms with Gasteiger partial charge in [-0.1, -0.05) is 0 Å². The van der Waals surface area contributed by atoms with E-state index in [-0.39, 0.29) is 17.3 Å². The van der Waals surface area contributed by atoms with E-state index in [4.69, 9.17) is 4.42 Å². The Morgan fingerprint density at radius 1 is 1.21 bits per heavy atom. The summed E-state index contributed by atoms with van der Waals surface area (Å²) in [5.74, 6) is 0.151. The number of aromatic amines is 1. The molecule has 0 spiro atoms. The third-order valence-electron chi connectivity index (χ3n) is 3.20. The Balaban J connectivity index is 1.67. The first-order valence-corrected chi connectivity index (χ1v) is 8.45. The first-order valence-electron chi connectivity index (χ1n) is 6.97. The Morgan fingerprint density at radius 2 is 2.00 bits per heavy atom. The normalized spacial score (nSPS) is 11.3. The second kappa shape index (κ2) is 6.69. The van der Waals surface area contributed by atoms with E-state index >= 15 is 0 Å². The first-order chi connectivity index (χ1) is 11.5. The second-order valence-corrected chi connectivity index (χ2v) is 6.64. The van der Waals surface area contributed by atoms with Gasteiger partial charge in [-0.3, -0.25) is 9.89 Å². The molecule has 0 aliphatic heterocycles. The highest BCUT2D eigenvalue weighted by Gasteiger charge is 2.15. The van der Waals surface area contributed by atoms with Crippen molar-refractivity contribution in [2.45, 2.75) is 11.4 Å². The van der Waals surface area contributed by atoms with Crippen molar-refractivity contribution < 1.29 is 17.6 Å². The van der Waals surface area contributed by atoms with E-state index < -0.39 is 10.0 Å². The van der Waals surface area contributed by atoms with Gasteiger partial charge in [0.25, 0.3) is 5.91 Å². The summed E-state index contributed by atoms with van der Waals surface area (Å²) in [5, 5.41) is 8.93. The predicted octanol–water partition coefficient (Wildman–Crippen LogP) is 1.73. The maximum Gasteiger partial charge on any atom is 0.255 e. The lowest BCUT2D eigenvalue weighted by Crippen LogP contribution is -2.23. The first kappa shape index (κ1) is 16.0.